The number of carbonyl (C=O) groups is 2. The third-order valence-corrected chi connectivity index (χ3v) is 3.57. The molecule has 0 spiro atoms. The molecule has 0 saturated carbocycles. The monoisotopic (exact) mass is 292 g/mol. The minimum atomic E-state index is -0.419. The lowest BCUT2D eigenvalue weighted by atomic mass is 10.1. The van der Waals surface area contributed by atoms with E-state index in [2.05, 4.69) is 0 Å². The van der Waals surface area contributed by atoms with Gasteiger partial charge in [0.15, 0.2) is 0 Å². The molecule has 0 radical (unpaired) electrons. The van der Waals surface area contributed by atoms with Crippen molar-refractivity contribution in [3.05, 3.63) is 29.3 Å². The number of rotatable bonds is 6. The zero-order chi connectivity index (χ0) is 16.0. The SMILES string of the molecule is Cc1cccc(OC(=O)CCC(=O)OC(C)C(C)C)c1C. The first-order valence-electron chi connectivity index (χ1n) is 7.27. The Balaban J connectivity index is 2.44. The molecule has 1 aromatic rings. The summed E-state index contributed by atoms with van der Waals surface area (Å²) in [5.74, 6) is 0.0201. The van der Waals surface area contributed by atoms with Crippen LogP contribution in [-0.2, 0) is 14.3 Å². The summed E-state index contributed by atoms with van der Waals surface area (Å²) in [4.78, 5) is 23.4. The molecule has 1 atom stereocenters. The molecule has 1 rings (SSSR count). The lowest BCUT2D eigenvalue weighted by molar-refractivity contribution is -0.152. The van der Waals surface area contributed by atoms with Crippen LogP contribution in [0, 0.1) is 19.8 Å². The average molecular weight is 292 g/mol. The van der Waals surface area contributed by atoms with Gasteiger partial charge >= 0.3 is 11.9 Å². The van der Waals surface area contributed by atoms with Crippen molar-refractivity contribution in [3.63, 3.8) is 0 Å². The van der Waals surface area contributed by atoms with E-state index < -0.39 is 5.97 Å². The van der Waals surface area contributed by atoms with Crippen molar-refractivity contribution in [2.45, 2.75) is 53.6 Å². The van der Waals surface area contributed by atoms with Gasteiger partial charge in [-0.25, -0.2) is 0 Å². The standard InChI is InChI=1S/C17H24O4/c1-11(2)14(5)20-16(18)9-10-17(19)21-15-8-6-7-12(3)13(15)4/h6-8,11,14H,9-10H2,1-5H3. The molecular weight excluding hydrogens is 268 g/mol. The highest BCUT2D eigenvalue weighted by Crippen LogP contribution is 2.21. The van der Waals surface area contributed by atoms with Crippen LogP contribution in [-0.4, -0.2) is 18.0 Å². The van der Waals surface area contributed by atoms with Crippen molar-refractivity contribution < 1.29 is 19.1 Å². The van der Waals surface area contributed by atoms with E-state index in [0.29, 0.717) is 5.75 Å². The van der Waals surface area contributed by atoms with Crippen molar-refractivity contribution in [2.75, 3.05) is 0 Å². The number of hydrogen-bond acceptors (Lipinski definition) is 4. The van der Waals surface area contributed by atoms with E-state index in [1.54, 1.807) is 6.07 Å². The van der Waals surface area contributed by atoms with Gasteiger partial charge in [0, 0.05) is 0 Å². The molecule has 4 nitrogen and oxygen atoms in total. The van der Waals surface area contributed by atoms with Crippen LogP contribution in [0.4, 0.5) is 0 Å². The molecule has 21 heavy (non-hydrogen) atoms. The van der Waals surface area contributed by atoms with Crippen LogP contribution in [0.2, 0.25) is 0 Å². The van der Waals surface area contributed by atoms with Crippen molar-refractivity contribution in [1.29, 1.82) is 0 Å². The Kier molecular flexibility index (Phi) is 6.40. The second-order valence-corrected chi connectivity index (χ2v) is 5.61. The quantitative estimate of drug-likeness (QED) is 0.594. The first-order chi connectivity index (χ1) is 9.81. The highest BCUT2D eigenvalue weighted by Gasteiger charge is 2.15. The van der Waals surface area contributed by atoms with Crippen LogP contribution < -0.4 is 4.74 Å². The molecule has 0 amide bonds. The fraction of sp³-hybridized carbons (Fsp3) is 0.529. The smallest absolute Gasteiger partial charge is 0.311 e. The van der Waals surface area contributed by atoms with Crippen LogP contribution in [0.3, 0.4) is 0 Å². The maximum absolute atomic E-state index is 11.8. The van der Waals surface area contributed by atoms with Crippen LogP contribution in [0.5, 0.6) is 5.75 Å². The number of aryl methyl sites for hydroxylation is 1. The predicted molar refractivity (Wildman–Crippen MR) is 81.2 cm³/mol. The molecule has 1 aromatic carbocycles. The average Bonchev–Trinajstić information content (AvgIpc) is 2.41. The Labute approximate surface area is 126 Å². The number of carbonyl (C=O) groups excluding carboxylic acids is 2. The topological polar surface area (TPSA) is 52.6 Å². The van der Waals surface area contributed by atoms with E-state index >= 15 is 0 Å². The fourth-order valence-electron chi connectivity index (χ4n) is 1.61. The molecule has 116 valence electrons. The normalized spacial score (nSPS) is 12.1. The molecule has 0 aliphatic carbocycles. The van der Waals surface area contributed by atoms with E-state index in [4.69, 9.17) is 9.47 Å². The number of esters is 2. The van der Waals surface area contributed by atoms with Gasteiger partial charge in [-0.3, -0.25) is 9.59 Å². The van der Waals surface area contributed by atoms with Gasteiger partial charge in [-0.15, -0.1) is 0 Å². The van der Waals surface area contributed by atoms with E-state index in [9.17, 15) is 9.59 Å². The minimum absolute atomic E-state index is 0.0248. The Morgan fingerprint density at radius 3 is 2.29 bits per heavy atom. The van der Waals surface area contributed by atoms with Gasteiger partial charge in [-0.05, 0) is 43.9 Å². The zero-order valence-corrected chi connectivity index (χ0v) is 13.4. The highest BCUT2D eigenvalue weighted by atomic mass is 16.5. The number of hydrogen-bond donors (Lipinski definition) is 0. The van der Waals surface area contributed by atoms with Crippen LogP contribution in [0.1, 0.15) is 44.7 Å². The molecule has 0 saturated heterocycles. The van der Waals surface area contributed by atoms with Gasteiger partial charge in [0.25, 0.3) is 0 Å². The van der Waals surface area contributed by atoms with Crippen LogP contribution >= 0.6 is 0 Å². The molecule has 0 N–H and O–H groups in total. The minimum Gasteiger partial charge on any atom is -0.462 e. The molecule has 0 bridgehead atoms. The number of benzene rings is 1. The largest absolute Gasteiger partial charge is 0.462 e. The van der Waals surface area contributed by atoms with Gasteiger partial charge in [0.2, 0.25) is 0 Å². The van der Waals surface area contributed by atoms with Gasteiger partial charge in [-0.2, -0.15) is 0 Å². The summed E-state index contributed by atoms with van der Waals surface area (Å²) >= 11 is 0. The summed E-state index contributed by atoms with van der Waals surface area (Å²) in [5.41, 5.74) is 1.99. The predicted octanol–water partition coefficient (Wildman–Crippen LogP) is 3.58. The Morgan fingerprint density at radius 1 is 1.05 bits per heavy atom. The summed E-state index contributed by atoms with van der Waals surface area (Å²) in [6, 6.07) is 5.54. The van der Waals surface area contributed by atoms with Gasteiger partial charge < -0.3 is 9.47 Å². The second-order valence-electron chi connectivity index (χ2n) is 5.61. The summed E-state index contributed by atoms with van der Waals surface area (Å²) in [5, 5.41) is 0. The van der Waals surface area contributed by atoms with Crippen molar-refractivity contribution >= 4 is 11.9 Å². The zero-order valence-electron chi connectivity index (χ0n) is 13.4. The summed E-state index contributed by atoms with van der Waals surface area (Å²) in [6.07, 6.45) is -0.0785. The van der Waals surface area contributed by atoms with Crippen molar-refractivity contribution in [2.24, 2.45) is 5.92 Å². The van der Waals surface area contributed by atoms with Gasteiger partial charge in [-0.1, -0.05) is 26.0 Å². The lowest BCUT2D eigenvalue weighted by Crippen LogP contribution is -2.21. The lowest BCUT2D eigenvalue weighted by Gasteiger charge is -2.16. The first-order valence-corrected chi connectivity index (χ1v) is 7.27. The Hall–Kier alpha value is -1.84. The molecule has 0 aliphatic rings. The van der Waals surface area contributed by atoms with E-state index in [1.807, 2.05) is 46.8 Å². The maximum Gasteiger partial charge on any atom is 0.311 e. The van der Waals surface area contributed by atoms with Crippen LogP contribution in [0.15, 0.2) is 18.2 Å². The molecule has 0 aromatic heterocycles. The summed E-state index contributed by atoms with van der Waals surface area (Å²) in [7, 11) is 0. The second kappa shape index (κ2) is 7.81. The molecule has 0 heterocycles. The van der Waals surface area contributed by atoms with E-state index in [0.717, 1.165) is 11.1 Å². The van der Waals surface area contributed by atoms with E-state index in [1.165, 1.54) is 0 Å². The third kappa shape index (κ3) is 5.58. The number of ether oxygens (including phenoxy) is 2. The fourth-order valence-corrected chi connectivity index (χ4v) is 1.61. The van der Waals surface area contributed by atoms with Crippen LogP contribution in [0.25, 0.3) is 0 Å². The summed E-state index contributed by atoms with van der Waals surface area (Å²) < 4.78 is 10.5. The van der Waals surface area contributed by atoms with Crippen molar-refractivity contribution in [3.8, 4) is 5.75 Å². The summed E-state index contributed by atoms with van der Waals surface area (Å²) in [6.45, 7) is 9.66. The first kappa shape index (κ1) is 17.2. The molecule has 0 aliphatic heterocycles. The molecular formula is C17H24O4. The molecule has 4 heteroatoms. The molecule has 0 fully saturated rings. The highest BCUT2D eigenvalue weighted by molar-refractivity contribution is 5.79. The van der Waals surface area contributed by atoms with E-state index in [-0.39, 0.29) is 30.8 Å². The Bertz CT molecular complexity index is 506. The third-order valence-electron chi connectivity index (χ3n) is 3.57. The molecule has 1 unspecified atom stereocenters. The Morgan fingerprint density at radius 2 is 1.67 bits per heavy atom. The van der Waals surface area contributed by atoms with Crippen molar-refractivity contribution in [1.82, 2.24) is 0 Å². The van der Waals surface area contributed by atoms with Gasteiger partial charge in [0.1, 0.15) is 11.9 Å². The maximum atomic E-state index is 11.8. The van der Waals surface area contributed by atoms with Gasteiger partial charge in [0.05, 0.1) is 12.8 Å².